The third kappa shape index (κ3) is 9.39. The predicted molar refractivity (Wildman–Crippen MR) is 146 cm³/mol. The van der Waals surface area contributed by atoms with Gasteiger partial charge in [-0.1, -0.05) is 89.2 Å². The third-order valence-electron chi connectivity index (χ3n) is 3.83. The van der Waals surface area contributed by atoms with Crippen LogP contribution in [-0.2, 0) is 11.3 Å². The largest absolute Gasteiger partial charge is 0.478 e. The average Bonchev–Trinajstić information content (AvgIpc) is 3.23. The molecular formula is C26H25BrClNO4S. The molecule has 0 saturated heterocycles. The molecule has 0 radical (unpaired) electrons. The second kappa shape index (κ2) is 15.7. The smallest absolute Gasteiger partial charge is 0.412 e. The van der Waals surface area contributed by atoms with Crippen molar-refractivity contribution in [1.82, 2.24) is 0 Å². The number of hydrogen-bond donors (Lipinski definition) is 2. The van der Waals surface area contributed by atoms with Crippen molar-refractivity contribution in [3.63, 3.8) is 0 Å². The topological polar surface area (TPSA) is 75.6 Å². The van der Waals surface area contributed by atoms with Crippen molar-refractivity contribution >= 4 is 56.6 Å². The van der Waals surface area contributed by atoms with Crippen molar-refractivity contribution in [1.29, 1.82) is 0 Å². The van der Waals surface area contributed by atoms with Crippen LogP contribution in [0, 0.1) is 0 Å². The molecule has 0 saturated carbocycles. The lowest BCUT2D eigenvalue weighted by atomic mass is 10.1. The maximum absolute atomic E-state index is 12.1. The van der Waals surface area contributed by atoms with Crippen LogP contribution in [0.5, 0.6) is 0 Å². The predicted octanol–water partition coefficient (Wildman–Crippen LogP) is 8.83. The van der Waals surface area contributed by atoms with Crippen LogP contribution in [-0.4, -0.2) is 17.2 Å². The van der Waals surface area contributed by atoms with Crippen LogP contribution < -0.4 is 5.32 Å². The van der Waals surface area contributed by atoms with Gasteiger partial charge in [-0.25, -0.2) is 9.59 Å². The fourth-order valence-electron chi connectivity index (χ4n) is 2.38. The Morgan fingerprint density at radius 1 is 1.12 bits per heavy atom. The van der Waals surface area contributed by atoms with Gasteiger partial charge in [-0.3, -0.25) is 5.32 Å². The SMILES string of the molecule is C=CC.C=CC=C.O=C(Nc1csc(-c2ccc(Br)cc2)c1C(=O)O)OCc1ccccc1Cl. The number of halogens is 2. The zero-order chi connectivity index (χ0) is 25.5. The fraction of sp³-hybridized carbons (Fsp3) is 0.0769. The van der Waals surface area contributed by atoms with Crippen LogP contribution in [0.15, 0.2) is 96.3 Å². The molecule has 0 fully saturated rings. The van der Waals surface area contributed by atoms with E-state index in [9.17, 15) is 14.7 Å². The van der Waals surface area contributed by atoms with Crippen LogP contribution in [0.3, 0.4) is 0 Å². The van der Waals surface area contributed by atoms with Crippen molar-refractivity contribution in [3.05, 3.63) is 112 Å². The Kier molecular flexibility index (Phi) is 13.3. The molecule has 178 valence electrons. The number of benzene rings is 2. The van der Waals surface area contributed by atoms with E-state index in [2.05, 4.69) is 41.0 Å². The summed E-state index contributed by atoms with van der Waals surface area (Å²) in [6.45, 7) is 12.0. The lowest BCUT2D eigenvalue weighted by Gasteiger charge is -2.08. The molecule has 5 nitrogen and oxygen atoms in total. The molecule has 0 aliphatic heterocycles. The van der Waals surface area contributed by atoms with Crippen LogP contribution in [0.4, 0.5) is 10.5 Å². The molecule has 34 heavy (non-hydrogen) atoms. The monoisotopic (exact) mass is 561 g/mol. The lowest BCUT2D eigenvalue weighted by molar-refractivity contribution is 0.0699. The number of nitrogens with one attached hydrogen (secondary N) is 1. The summed E-state index contributed by atoms with van der Waals surface area (Å²) in [6.07, 6.45) is 4.28. The molecule has 0 spiro atoms. The fourth-order valence-corrected chi connectivity index (χ4v) is 3.84. The zero-order valence-electron chi connectivity index (χ0n) is 18.6. The molecule has 8 heteroatoms. The molecule has 3 rings (SSSR count). The van der Waals surface area contributed by atoms with Gasteiger partial charge >= 0.3 is 12.1 Å². The minimum absolute atomic E-state index is 0.0163. The van der Waals surface area contributed by atoms with Gasteiger partial charge in [0.2, 0.25) is 0 Å². The Balaban J connectivity index is 0.000000732. The lowest BCUT2D eigenvalue weighted by Crippen LogP contribution is -2.15. The summed E-state index contributed by atoms with van der Waals surface area (Å²) >= 11 is 10.6. The van der Waals surface area contributed by atoms with Gasteiger partial charge in [-0.05, 0) is 30.7 Å². The van der Waals surface area contributed by atoms with E-state index in [1.165, 1.54) is 11.3 Å². The molecule has 0 aliphatic carbocycles. The summed E-state index contributed by atoms with van der Waals surface area (Å²) in [5.41, 5.74) is 1.62. The van der Waals surface area contributed by atoms with E-state index in [4.69, 9.17) is 16.3 Å². The number of carbonyl (C=O) groups excluding carboxylic acids is 1. The van der Waals surface area contributed by atoms with E-state index >= 15 is 0 Å². The van der Waals surface area contributed by atoms with E-state index < -0.39 is 12.1 Å². The summed E-state index contributed by atoms with van der Waals surface area (Å²) in [5.74, 6) is -1.13. The van der Waals surface area contributed by atoms with E-state index in [-0.39, 0.29) is 17.9 Å². The first-order valence-electron chi connectivity index (χ1n) is 9.87. The van der Waals surface area contributed by atoms with Crippen molar-refractivity contribution in [2.24, 2.45) is 0 Å². The Labute approximate surface area is 217 Å². The normalized spacial score (nSPS) is 9.26. The molecule has 1 aromatic heterocycles. The summed E-state index contributed by atoms with van der Waals surface area (Å²) in [4.78, 5) is 24.4. The van der Waals surface area contributed by atoms with Gasteiger partial charge in [0.1, 0.15) is 12.2 Å². The number of carboxylic acid groups (broad SMARTS) is 1. The maximum Gasteiger partial charge on any atom is 0.412 e. The van der Waals surface area contributed by atoms with Gasteiger partial charge in [0, 0.05) is 20.4 Å². The third-order valence-corrected chi connectivity index (χ3v) is 5.76. The van der Waals surface area contributed by atoms with Gasteiger partial charge in [-0.15, -0.1) is 17.9 Å². The molecule has 0 bridgehead atoms. The first kappa shape index (κ1) is 28.9. The van der Waals surface area contributed by atoms with Crippen molar-refractivity contribution in [2.45, 2.75) is 13.5 Å². The van der Waals surface area contributed by atoms with Crippen molar-refractivity contribution in [2.75, 3.05) is 5.32 Å². The summed E-state index contributed by atoms with van der Waals surface area (Å²) in [6, 6.07) is 14.3. The van der Waals surface area contributed by atoms with Crippen LogP contribution in [0.25, 0.3) is 10.4 Å². The number of rotatable bonds is 6. The highest BCUT2D eigenvalue weighted by Gasteiger charge is 2.21. The molecule has 2 N–H and O–H groups in total. The number of thiophene rings is 1. The zero-order valence-corrected chi connectivity index (χ0v) is 21.8. The second-order valence-electron chi connectivity index (χ2n) is 6.34. The minimum Gasteiger partial charge on any atom is -0.478 e. The number of ether oxygens (including phenoxy) is 1. The van der Waals surface area contributed by atoms with Crippen molar-refractivity contribution < 1.29 is 19.4 Å². The number of amides is 1. The first-order chi connectivity index (χ1) is 16.3. The van der Waals surface area contributed by atoms with Crippen LogP contribution in [0.2, 0.25) is 5.02 Å². The molecule has 2 aromatic carbocycles. The van der Waals surface area contributed by atoms with Gasteiger partial charge in [0.15, 0.2) is 0 Å². The molecule has 0 unspecified atom stereocenters. The van der Waals surface area contributed by atoms with Crippen LogP contribution in [0.1, 0.15) is 22.8 Å². The first-order valence-corrected chi connectivity index (χ1v) is 11.9. The standard InChI is InChI=1S/C19H13BrClNO4S.C4H6.C3H6/c20-13-7-5-11(6-8-13)17-16(18(23)24)15(10-27-17)22-19(25)26-9-12-3-1-2-4-14(12)21;1-3-4-2;1-3-2/h1-8,10H,9H2,(H,22,25)(H,23,24);3-4H,1-2H2;3H,1H2,2H3. The van der Waals surface area contributed by atoms with E-state index in [1.54, 1.807) is 47.9 Å². The van der Waals surface area contributed by atoms with E-state index in [0.29, 0.717) is 15.5 Å². The summed E-state index contributed by atoms with van der Waals surface area (Å²) in [7, 11) is 0. The Hall–Kier alpha value is -3.13. The van der Waals surface area contributed by atoms with Gasteiger partial charge in [0.25, 0.3) is 0 Å². The number of anilines is 1. The Morgan fingerprint density at radius 2 is 1.71 bits per heavy atom. The molecule has 1 heterocycles. The van der Waals surface area contributed by atoms with Crippen molar-refractivity contribution in [3.8, 4) is 10.4 Å². The summed E-state index contributed by atoms with van der Waals surface area (Å²) in [5, 5.41) is 14.2. The highest BCUT2D eigenvalue weighted by molar-refractivity contribution is 9.10. The minimum atomic E-state index is -1.13. The van der Waals surface area contributed by atoms with E-state index in [1.807, 2.05) is 31.2 Å². The molecular weight excluding hydrogens is 538 g/mol. The molecule has 3 aromatic rings. The second-order valence-corrected chi connectivity index (χ2v) is 8.54. The number of allylic oxidation sites excluding steroid dienone is 3. The number of carbonyl (C=O) groups is 2. The molecule has 0 aliphatic rings. The molecule has 0 atom stereocenters. The highest BCUT2D eigenvalue weighted by atomic mass is 79.9. The Morgan fingerprint density at radius 3 is 2.24 bits per heavy atom. The van der Waals surface area contributed by atoms with Crippen LogP contribution >= 0.6 is 38.9 Å². The Bertz CT molecular complexity index is 1120. The molecule has 1 amide bonds. The van der Waals surface area contributed by atoms with Gasteiger partial charge in [0.05, 0.1) is 10.6 Å². The number of aromatic carboxylic acids is 1. The maximum atomic E-state index is 12.1. The number of hydrogen-bond acceptors (Lipinski definition) is 4. The number of carboxylic acids is 1. The van der Waals surface area contributed by atoms with E-state index in [0.717, 1.165) is 10.0 Å². The highest BCUT2D eigenvalue weighted by Crippen LogP contribution is 2.36. The van der Waals surface area contributed by atoms with Gasteiger partial charge < -0.3 is 9.84 Å². The summed E-state index contributed by atoms with van der Waals surface area (Å²) < 4.78 is 6.04. The average molecular weight is 563 g/mol. The quantitative estimate of drug-likeness (QED) is 0.232. The van der Waals surface area contributed by atoms with Gasteiger partial charge in [-0.2, -0.15) is 0 Å².